The van der Waals surface area contributed by atoms with Crippen LogP contribution in [0, 0.1) is 15.9 Å². The first-order chi connectivity index (χ1) is 19.4. The Morgan fingerprint density at radius 2 is 1.85 bits per heavy atom. The Morgan fingerprint density at radius 1 is 1.15 bits per heavy atom. The number of nitrogens with one attached hydrogen (secondary N) is 1. The lowest BCUT2D eigenvalue weighted by molar-refractivity contribution is -0.385. The van der Waals surface area contributed by atoms with E-state index in [0.29, 0.717) is 40.5 Å². The molecule has 0 aromatic heterocycles. The van der Waals surface area contributed by atoms with Gasteiger partial charge in [0.05, 0.1) is 31.1 Å². The van der Waals surface area contributed by atoms with E-state index in [0.717, 1.165) is 5.56 Å². The van der Waals surface area contributed by atoms with Gasteiger partial charge in [-0.1, -0.05) is 29.4 Å². The number of para-hydroxylation sites is 1. The SMILES string of the molecule is COc1c(C=NNC(=O)c2ccccc2[N+](=O)[O-])c(CC2CC(c3ccc(F)cc3)=NO2)c(OC)c2c1OCO2. The number of benzene rings is 3. The van der Waals surface area contributed by atoms with E-state index in [1.807, 2.05) is 0 Å². The van der Waals surface area contributed by atoms with Gasteiger partial charge in [0.25, 0.3) is 11.6 Å². The predicted molar refractivity (Wildman–Crippen MR) is 140 cm³/mol. The standard InChI is InChI=1S/C27H23FN4O8/c1-36-23-19(11-17-12-21(31-40-17)15-7-9-16(28)10-8-15)20(24(37-2)26-25(23)38-14-39-26)13-29-30-27(33)18-5-3-4-6-22(18)32(34)35/h3-10,13,17H,11-12,14H2,1-2H3,(H,30,33). The first kappa shape index (κ1) is 26.4. The molecule has 0 bridgehead atoms. The molecule has 1 N–H and O–H groups in total. The third-order valence-corrected chi connectivity index (χ3v) is 6.32. The number of amides is 1. The van der Waals surface area contributed by atoms with E-state index in [1.165, 1.54) is 56.8 Å². The molecule has 1 atom stereocenters. The van der Waals surface area contributed by atoms with Gasteiger partial charge < -0.3 is 23.8 Å². The molecule has 0 spiro atoms. The Kier molecular flexibility index (Phi) is 7.44. The Balaban J connectivity index is 1.45. The fourth-order valence-electron chi connectivity index (χ4n) is 4.51. The van der Waals surface area contributed by atoms with Crippen LogP contribution < -0.4 is 24.4 Å². The number of rotatable bonds is 9. The number of hydrogen-bond donors (Lipinski definition) is 1. The van der Waals surface area contributed by atoms with Crippen molar-refractivity contribution in [2.45, 2.75) is 18.9 Å². The highest BCUT2D eigenvalue weighted by atomic mass is 19.1. The van der Waals surface area contributed by atoms with Gasteiger partial charge >= 0.3 is 0 Å². The number of carbonyl (C=O) groups is 1. The minimum absolute atomic E-state index is 0.0613. The summed E-state index contributed by atoms with van der Waals surface area (Å²) >= 11 is 0. The highest BCUT2D eigenvalue weighted by molar-refractivity contribution is 6.01. The van der Waals surface area contributed by atoms with E-state index >= 15 is 0 Å². The summed E-state index contributed by atoms with van der Waals surface area (Å²) in [6.45, 7) is -0.0613. The van der Waals surface area contributed by atoms with Crippen molar-refractivity contribution in [1.29, 1.82) is 0 Å². The largest absolute Gasteiger partial charge is 0.492 e. The third kappa shape index (κ3) is 5.08. The van der Waals surface area contributed by atoms with Gasteiger partial charge in [-0.05, 0) is 23.8 Å². The zero-order valence-electron chi connectivity index (χ0n) is 21.4. The summed E-state index contributed by atoms with van der Waals surface area (Å²) in [5, 5.41) is 19.5. The first-order valence-corrected chi connectivity index (χ1v) is 12.0. The molecular weight excluding hydrogens is 527 g/mol. The summed E-state index contributed by atoms with van der Waals surface area (Å²) in [6, 6.07) is 11.5. The molecule has 40 heavy (non-hydrogen) atoms. The molecule has 13 heteroatoms. The molecule has 0 fully saturated rings. The number of hydrazone groups is 1. The van der Waals surface area contributed by atoms with Gasteiger partial charge in [-0.25, -0.2) is 9.82 Å². The third-order valence-electron chi connectivity index (χ3n) is 6.32. The van der Waals surface area contributed by atoms with Crippen molar-refractivity contribution in [3.63, 3.8) is 0 Å². The van der Waals surface area contributed by atoms with Crippen molar-refractivity contribution >= 4 is 23.5 Å². The molecule has 206 valence electrons. The van der Waals surface area contributed by atoms with Crippen LogP contribution in [0.2, 0.25) is 0 Å². The number of methoxy groups -OCH3 is 2. The predicted octanol–water partition coefficient (Wildman–Crippen LogP) is 3.98. The van der Waals surface area contributed by atoms with Crippen LogP contribution in [0.1, 0.15) is 33.5 Å². The number of nitrogens with zero attached hydrogens (tertiary/aromatic N) is 3. The Hall–Kier alpha value is -5.20. The van der Waals surface area contributed by atoms with Gasteiger partial charge in [-0.15, -0.1) is 0 Å². The van der Waals surface area contributed by atoms with E-state index in [1.54, 1.807) is 12.1 Å². The molecular formula is C27H23FN4O8. The molecule has 2 aliphatic rings. The molecule has 0 radical (unpaired) electrons. The zero-order valence-corrected chi connectivity index (χ0v) is 21.4. The quantitative estimate of drug-likeness (QED) is 0.239. The van der Waals surface area contributed by atoms with Crippen LogP contribution in [0.5, 0.6) is 23.0 Å². The maximum Gasteiger partial charge on any atom is 0.282 e. The van der Waals surface area contributed by atoms with Crippen LogP contribution in [0.15, 0.2) is 58.8 Å². The number of hydrogen-bond acceptors (Lipinski definition) is 10. The fourth-order valence-corrected chi connectivity index (χ4v) is 4.51. The molecule has 0 aliphatic carbocycles. The van der Waals surface area contributed by atoms with E-state index in [4.69, 9.17) is 23.8 Å². The maximum absolute atomic E-state index is 13.4. The highest BCUT2D eigenvalue weighted by Gasteiger charge is 2.34. The Bertz CT molecular complexity index is 1520. The second-order valence-corrected chi connectivity index (χ2v) is 8.68. The molecule has 2 aliphatic heterocycles. The first-order valence-electron chi connectivity index (χ1n) is 12.0. The second-order valence-electron chi connectivity index (χ2n) is 8.68. The van der Waals surface area contributed by atoms with E-state index < -0.39 is 16.9 Å². The van der Waals surface area contributed by atoms with Crippen LogP contribution in [0.25, 0.3) is 0 Å². The van der Waals surface area contributed by atoms with Gasteiger partial charge in [0.1, 0.15) is 17.5 Å². The van der Waals surface area contributed by atoms with Gasteiger partial charge in [0.2, 0.25) is 18.3 Å². The smallest absolute Gasteiger partial charge is 0.282 e. The molecule has 3 aromatic carbocycles. The van der Waals surface area contributed by atoms with Crippen LogP contribution in [-0.2, 0) is 11.3 Å². The van der Waals surface area contributed by atoms with E-state index in [9.17, 15) is 19.3 Å². The van der Waals surface area contributed by atoms with E-state index in [2.05, 4.69) is 15.7 Å². The molecule has 5 rings (SSSR count). The summed E-state index contributed by atoms with van der Waals surface area (Å²) in [7, 11) is 2.92. The number of nitro groups is 1. The van der Waals surface area contributed by atoms with E-state index in [-0.39, 0.29) is 36.0 Å². The average Bonchev–Trinajstić information content (AvgIpc) is 3.63. The number of nitro benzene ring substituents is 1. The van der Waals surface area contributed by atoms with Crippen LogP contribution in [0.3, 0.4) is 0 Å². The lowest BCUT2D eigenvalue weighted by atomic mass is 9.95. The van der Waals surface area contributed by atoms with Crippen molar-refractivity contribution in [2.75, 3.05) is 21.0 Å². The molecule has 1 unspecified atom stereocenters. The molecule has 12 nitrogen and oxygen atoms in total. The van der Waals surface area contributed by atoms with Crippen molar-refractivity contribution in [3.05, 3.63) is 86.7 Å². The van der Waals surface area contributed by atoms with Crippen molar-refractivity contribution in [3.8, 4) is 23.0 Å². The Morgan fingerprint density at radius 3 is 2.55 bits per heavy atom. The molecule has 3 aromatic rings. The number of ether oxygens (including phenoxy) is 4. The van der Waals surface area contributed by atoms with Gasteiger partial charge in [0.15, 0.2) is 11.5 Å². The minimum Gasteiger partial charge on any atom is -0.492 e. The highest BCUT2D eigenvalue weighted by Crippen LogP contribution is 2.52. The molecule has 0 saturated carbocycles. The summed E-state index contributed by atoms with van der Waals surface area (Å²) in [4.78, 5) is 29.0. The maximum atomic E-state index is 13.4. The van der Waals surface area contributed by atoms with Crippen molar-refractivity contribution < 1.29 is 37.9 Å². The van der Waals surface area contributed by atoms with Gasteiger partial charge in [-0.2, -0.15) is 5.10 Å². The number of fused-ring (bicyclic) bond motifs is 1. The number of halogens is 1. The van der Waals surface area contributed by atoms with Crippen molar-refractivity contribution in [1.82, 2.24) is 5.43 Å². The topological polar surface area (TPSA) is 143 Å². The normalized spacial score (nSPS) is 15.5. The fraction of sp³-hybridized carbons (Fsp3) is 0.222. The van der Waals surface area contributed by atoms with Crippen LogP contribution in [-0.4, -0.2) is 49.9 Å². The number of oxime groups is 1. The summed E-state index contributed by atoms with van der Waals surface area (Å²) < 4.78 is 35.9. The molecule has 1 amide bonds. The molecule has 2 heterocycles. The lowest BCUT2D eigenvalue weighted by Crippen LogP contribution is -2.19. The summed E-state index contributed by atoms with van der Waals surface area (Å²) in [5.41, 5.74) is 4.20. The van der Waals surface area contributed by atoms with Crippen LogP contribution in [0.4, 0.5) is 10.1 Å². The second kappa shape index (κ2) is 11.3. The van der Waals surface area contributed by atoms with Gasteiger partial charge in [0, 0.05) is 30.0 Å². The number of carbonyl (C=O) groups excluding carboxylic acids is 1. The average molecular weight is 550 g/mol. The Labute approximate surface area is 227 Å². The van der Waals surface area contributed by atoms with Crippen molar-refractivity contribution in [2.24, 2.45) is 10.3 Å². The minimum atomic E-state index is -0.770. The molecule has 0 saturated heterocycles. The van der Waals surface area contributed by atoms with Crippen LogP contribution >= 0.6 is 0 Å². The lowest BCUT2D eigenvalue weighted by Gasteiger charge is -2.19. The summed E-state index contributed by atoms with van der Waals surface area (Å²) in [5.74, 6) is 0.157. The van der Waals surface area contributed by atoms with Gasteiger partial charge in [-0.3, -0.25) is 14.9 Å². The zero-order chi connectivity index (χ0) is 28.2. The monoisotopic (exact) mass is 550 g/mol. The summed E-state index contributed by atoms with van der Waals surface area (Å²) in [6.07, 6.45) is 1.61.